The van der Waals surface area contributed by atoms with Crippen LogP contribution in [0.15, 0.2) is 24.3 Å². The molecule has 0 aliphatic carbocycles. The summed E-state index contributed by atoms with van der Waals surface area (Å²) in [6, 6.07) is 7.62. The number of anilines is 1. The number of carbonyl (C=O) groups is 1. The molecule has 2 N–H and O–H groups in total. The number of carbonyl (C=O) groups excluding carboxylic acids is 1. The molecular formula is C12H15IN2O2. The predicted molar refractivity (Wildman–Crippen MR) is 75.1 cm³/mol. The molecule has 1 aromatic carbocycles. The minimum absolute atomic E-state index is 0.0931. The fourth-order valence-corrected chi connectivity index (χ4v) is 2.33. The summed E-state index contributed by atoms with van der Waals surface area (Å²) in [5.74, 6) is 0. The molecule has 0 unspecified atom stereocenters. The van der Waals surface area contributed by atoms with Gasteiger partial charge in [-0.05, 0) is 48.1 Å². The SMILES string of the molecule is C[C@@H]1OCC[C@H]1NC(=O)Nc1ccccc1I. The van der Waals surface area contributed by atoms with Gasteiger partial charge in [-0.15, -0.1) is 0 Å². The maximum atomic E-state index is 11.8. The zero-order valence-corrected chi connectivity index (χ0v) is 11.7. The molecule has 0 radical (unpaired) electrons. The van der Waals surface area contributed by atoms with E-state index in [1.165, 1.54) is 0 Å². The van der Waals surface area contributed by atoms with E-state index in [1.807, 2.05) is 31.2 Å². The third-order valence-electron chi connectivity index (χ3n) is 2.81. The Labute approximate surface area is 114 Å². The lowest BCUT2D eigenvalue weighted by Gasteiger charge is -2.16. The minimum atomic E-state index is -0.170. The number of ether oxygens (including phenoxy) is 1. The van der Waals surface area contributed by atoms with Crippen molar-refractivity contribution in [1.29, 1.82) is 0 Å². The zero-order chi connectivity index (χ0) is 12.3. The molecule has 17 heavy (non-hydrogen) atoms. The first-order valence-electron chi connectivity index (χ1n) is 5.60. The summed E-state index contributed by atoms with van der Waals surface area (Å²) >= 11 is 2.20. The second-order valence-corrected chi connectivity index (χ2v) is 5.21. The van der Waals surface area contributed by atoms with Crippen LogP contribution < -0.4 is 10.6 Å². The highest BCUT2D eigenvalue weighted by Gasteiger charge is 2.25. The van der Waals surface area contributed by atoms with E-state index < -0.39 is 0 Å². The average molecular weight is 346 g/mol. The van der Waals surface area contributed by atoms with Gasteiger partial charge in [0.1, 0.15) is 0 Å². The normalized spacial score (nSPS) is 23.4. The maximum absolute atomic E-state index is 11.8. The van der Waals surface area contributed by atoms with Crippen LogP contribution >= 0.6 is 22.6 Å². The van der Waals surface area contributed by atoms with E-state index in [1.54, 1.807) is 0 Å². The molecule has 1 aliphatic heterocycles. The molecule has 2 rings (SSSR count). The van der Waals surface area contributed by atoms with Crippen molar-refractivity contribution in [3.05, 3.63) is 27.8 Å². The van der Waals surface area contributed by atoms with Crippen molar-refractivity contribution in [3.8, 4) is 0 Å². The molecule has 1 heterocycles. The Hall–Kier alpha value is -0.820. The van der Waals surface area contributed by atoms with Crippen molar-refractivity contribution < 1.29 is 9.53 Å². The molecule has 0 spiro atoms. The Kier molecular flexibility index (Phi) is 4.22. The van der Waals surface area contributed by atoms with Gasteiger partial charge in [0.05, 0.1) is 17.8 Å². The molecule has 1 saturated heterocycles. The van der Waals surface area contributed by atoms with Crippen molar-refractivity contribution in [3.63, 3.8) is 0 Å². The van der Waals surface area contributed by atoms with E-state index in [4.69, 9.17) is 4.74 Å². The van der Waals surface area contributed by atoms with Gasteiger partial charge in [0.25, 0.3) is 0 Å². The lowest BCUT2D eigenvalue weighted by Crippen LogP contribution is -2.41. The average Bonchev–Trinajstić information content (AvgIpc) is 2.68. The third-order valence-corrected chi connectivity index (χ3v) is 3.76. The van der Waals surface area contributed by atoms with Crippen LogP contribution in [0.25, 0.3) is 0 Å². The van der Waals surface area contributed by atoms with Gasteiger partial charge < -0.3 is 15.4 Å². The lowest BCUT2D eigenvalue weighted by atomic mass is 10.2. The second kappa shape index (κ2) is 5.68. The highest BCUT2D eigenvalue weighted by atomic mass is 127. The topological polar surface area (TPSA) is 50.4 Å². The first kappa shape index (κ1) is 12.6. The number of rotatable bonds is 2. The van der Waals surface area contributed by atoms with Crippen molar-refractivity contribution >= 4 is 34.3 Å². The van der Waals surface area contributed by atoms with Crippen LogP contribution in [0.2, 0.25) is 0 Å². The molecule has 1 fully saturated rings. The van der Waals surface area contributed by atoms with Crippen LogP contribution in [0.5, 0.6) is 0 Å². The summed E-state index contributed by atoms with van der Waals surface area (Å²) < 4.78 is 6.42. The number of hydrogen-bond donors (Lipinski definition) is 2. The molecular weight excluding hydrogens is 331 g/mol. The minimum Gasteiger partial charge on any atom is -0.376 e. The van der Waals surface area contributed by atoms with Crippen LogP contribution in [0, 0.1) is 3.57 Å². The van der Waals surface area contributed by atoms with Gasteiger partial charge in [-0.3, -0.25) is 0 Å². The van der Waals surface area contributed by atoms with Gasteiger partial charge >= 0.3 is 6.03 Å². The Morgan fingerprint density at radius 3 is 2.88 bits per heavy atom. The first-order chi connectivity index (χ1) is 8.16. The molecule has 5 heteroatoms. The maximum Gasteiger partial charge on any atom is 0.319 e. The summed E-state index contributed by atoms with van der Waals surface area (Å²) in [6.07, 6.45) is 0.969. The Morgan fingerprint density at radius 1 is 1.47 bits per heavy atom. The van der Waals surface area contributed by atoms with E-state index in [-0.39, 0.29) is 18.2 Å². The molecule has 1 aliphatic rings. The van der Waals surface area contributed by atoms with E-state index in [2.05, 4.69) is 33.2 Å². The summed E-state index contributed by atoms with van der Waals surface area (Å²) in [7, 11) is 0. The second-order valence-electron chi connectivity index (χ2n) is 4.05. The van der Waals surface area contributed by atoms with Crippen LogP contribution in [0.4, 0.5) is 10.5 Å². The number of para-hydroxylation sites is 1. The Balaban J connectivity index is 1.91. The van der Waals surface area contributed by atoms with Crippen LogP contribution in [0.1, 0.15) is 13.3 Å². The highest BCUT2D eigenvalue weighted by molar-refractivity contribution is 14.1. The monoisotopic (exact) mass is 346 g/mol. The lowest BCUT2D eigenvalue weighted by molar-refractivity contribution is 0.114. The quantitative estimate of drug-likeness (QED) is 0.809. The fraction of sp³-hybridized carbons (Fsp3) is 0.417. The third kappa shape index (κ3) is 3.32. The first-order valence-corrected chi connectivity index (χ1v) is 6.68. The van der Waals surface area contributed by atoms with Gasteiger partial charge in [0.15, 0.2) is 0 Å². The van der Waals surface area contributed by atoms with Gasteiger partial charge in [0, 0.05) is 10.2 Å². The fourth-order valence-electron chi connectivity index (χ4n) is 1.81. The van der Waals surface area contributed by atoms with Crippen LogP contribution in [-0.2, 0) is 4.74 Å². The smallest absolute Gasteiger partial charge is 0.319 e. The van der Waals surface area contributed by atoms with Gasteiger partial charge in [-0.2, -0.15) is 0 Å². The number of amides is 2. The Bertz CT molecular complexity index is 411. The zero-order valence-electron chi connectivity index (χ0n) is 9.57. The largest absolute Gasteiger partial charge is 0.376 e. The number of benzene rings is 1. The highest BCUT2D eigenvalue weighted by Crippen LogP contribution is 2.17. The summed E-state index contributed by atoms with van der Waals surface area (Å²) in [5, 5.41) is 5.77. The van der Waals surface area contributed by atoms with Gasteiger partial charge in [-0.25, -0.2) is 4.79 Å². The standard InChI is InChI=1S/C12H15IN2O2/c1-8-10(6-7-17-8)14-12(16)15-11-5-3-2-4-9(11)13/h2-5,8,10H,6-7H2,1H3,(H2,14,15,16)/t8-,10+/m0/s1. The molecule has 92 valence electrons. The molecule has 0 bridgehead atoms. The van der Waals surface area contributed by atoms with E-state index in [9.17, 15) is 4.79 Å². The summed E-state index contributed by atoms with van der Waals surface area (Å²) in [6.45, 7) is 2.69. The number of urea groups is 1. The number of halogens is 1. The number of hydrogen-bond acceptors (Lipinski definition) is 2. The van der Waals surface area contributed by atoms with Gasteiger partial charge in [0.2, 0.25) is 0 Å². The molecule has 2 amide bonds. The number of nitrogens with one attached hydrogen (secondary N) is 2. The molecule has 1 aromatic rings. The Morgan fingerprint density at radius 2 is 2.24 bits per heavy atom. The van der Waals surface area contributed by atoms with Crippen molar-refractivity contribution in [2.75, 3.05) is 11.9 Å². The molecule has 0 aromatic heterocycles. The summed E-state index contributed by atoms with van der Waals surface area (Å²) in [5.41, 5.74) is 0.831. The van der Waals surface area contributed by atoms with Gasteiger partial charge in [-0.1, -0.05) is 12.1 Å². The molecule has 4 nitrogen and oxygen atoms in total. The van der Waals surface area contributed by atoms with Crippen molar-refractivity contribution in [1.82, 2.24) is 5.32 Å². The van der Waals surface area contributed by atoms with Crippen molar-refractivity contribution in [2.24, 2.45) is 0 Å². The summed E-state index contributed by atoms with van der Waals surface area (Å²) in [4.78, 5) is 11.8. The molecule has 0 saturated carbocycles. The van der Waals surface area contributed by atoms with E-state index in [0.717, 1.165) is 22.3 Å². The molecule has 2 atom stereocenters. The van der Waals surface area contributed by atoms with E-state index >= 15 is 0 Å². The van der Waals surface area contributed by atoms with Crippen molar-refractivity contribution in [2.45, 2.75) is 25.5 Å². The van der Waals surface area contributed by atoms with E-state index in [0.29, 0.717) is 0 Å². The van der Waals surface area contributed by atoms with Crippen LogP contribution in [0.3, 0.4) is 0 Å². The predicted octanol–water partition coefficient (Wildman–Crippen LogP) is 2.59. The van der Waals surface area contributed by atoms with Crippen LogP contribution in [-0.4, -0.2) is 24.8 Å².